The van der Waals surface area contributed by atoms with Gasteiger partial charge < -0.3 is 0 Å². The van der Waals surface area contributed by atoms with Crippen molar-refractivity contribution >= 4 is 0 Å². The average molecular weight is 323 g/mol. The lowest BCUT2D eigenvalue weighted by molar-refractivity contribution is 1.17. The normalized spacial score (nSPS) is 10.6. The van der Waals surface area contributed by atoms with Crippen molar-refractivity contribution in [2.45, 2.75) is 6.92 Å². The van der Waals surface area contributed by atoms with E-state index in [1.807, 2.05) is 79.7 Å². The maximum Gasteiger partial charge on any atom is 0.0894 e. The maximum absolute atomic E-state index is 4.78. The van der Waals surface area contributed by atoms with Crippen LogP contribution in [0.5, 0.6) is 0 Å². The Labute approximate surface area is 147 Å². The SMILES string of the molecule is Cc1cccc(-c2cccc(-c3cccc(-c4ccccc4)n3)n2)n1. The van der Waals surface area contributed by atoms with Crippen LogP contribution in [0.2, 0.25) is 0 Å². The first kappa shape index (κ1) is 15.2. The van der Waals surface area contributed by atoms with E-state index in [1.54, 1.807) is 0 Å². The molecule has 0 radical (unpaired) electrons. The average Bonchev–Trinajstić information content (AvgIpc) is 2.69. The van der Waals surface area contributed by atoms with Gasteiger partial charge in [-0.05, 0) is 43.3 Å². The number of pyridine rings is 3. The number of benzene rings is 1. The van der Waals surface area contributed by atoms with Gasteiger partial charge in [0.15, 0.2) is 0 Å². The Balaban J connectivity index is 1.75. The van der Waals surface area contributed by atoms with Crippen LogP contribution in [0.4, 0.5) is 0 Å². The van der Waals surface area contributed by atoms with Gasteiger partial charge in [-0.1, -0.05) is 48.5 Å². The second kappa shape index (κ2) is 6.65. The summed E-state index contributed by atoms with van der Waals surface area (Å²) < 4.78 is 0. The molecule has 0 atom stereocenters. The van der Waals surface area contributed by atoms with Crippen molar-refractivity contribution in [3.8, 4) is 34.0 Å². The topological polar surface area (TPSA) is 38.7 Å². The van der Waals surface area contributed by atoms with Gasteiger partial charge in [-0.2, -0.15) is 0 Å². The lowest BCUT2D eigenvalue weighted by Crippen LogP contribution is -1.93. The van der Waals surface area contributed by atoms with Crippen LogP contribution >= 0.6 is 0 Å². The van der Waals surface area contributed by atoms with Crippen molar-refractivity contribution in [2.75, 3.05) is 0 Å². The molecule has 0 N–H and O–H groups in total. The van der Waals surface area contributed by atoms with Crippen LogP contribution in [-0.2, 0) is 0 Å². The first-order chi connectivity index (χ1) is 12.3. The van der Waals surface area contributed by atoms with Gasteiger partial charge in [-0.25, -0.2) is 9.97 Å². The van der Waals surface area contributed by atoms with E-state index in [2.05, 4.69) is 17.1 Å². The smallest absolute Gasteiger partial charge is 0.0894 e. The van der Waals surface area contributed by atoms with Crippen molar-refractivity contribution in [3.63, 3.8) is 0 Å². The van der Waals surface area contributed by atoms with E-state index >= 15 is 0 Å². The van der Waals surface area contributed by atoms with Gasteiger partial charge in [0.1, 0.15) is 0 Å². The fourth-order valence-electron chi connectivity index (χ4n) is 2.75. The van der Waals surface area contributed by atoms with Crippen LogP contribution in [0.15, 0.2) is 84.9 Å². The van der Waals surface area contributed by atoms with Crippen LogP contribution in [0.25, 0.3) is 34.0 Å². The third-order valence-electron chi connectivity index (χ3n) is 3.98. The minimum Gasteiger partial charge on any atom is -0.251 e. The summed E-state index contributed by atoms with van der Waals surface area (Å²) in [5.74, 6) is 0. The summed E-state index contributed by atoms with van der Waals surface area (Å²) in [7, 11) is 0. The third-order valence-corrected chi connectivity index (χ3v) is 3.98. The molecule has 4 rings (SSSR count). The number of nitrogens with zero attached hydrogens (tertiary/aromatic N) is 3. The Morgan fingerprint density at radius 3 is 1.52 bits per heavy atom. The largest absolute Gasteiger partial charge is 0.251 e. The fraction of sp³-hybridized carbons (Fsp3) is 0.0455. The van der Waals surface area contributed by atoms with Crippen LogP contribution in [0.3, 0.4) is 0 Å². The lowest BCUT2D eigenvalue weighted by atomic mass is 10.1. The number of hydrogen-bond acceptors (Lipinski definition) is 3. The molecular formula is C22H17N3. The molecule has 0 spiro atoms. The molecule has 4 aromatic rings. The highest BCUT2D eigenvalue weighted by Crippen LogP contribution is 2.23. The zero-order valence-electron chi connectivity index (χ0n) is 13.9. The molecule has 0 amide bonds. The predicted molar refractivity (Wildman–Crippen MR) is 101 cm³/mol. The zero-order valence-corrected chi connectivity index (χ0v) is 13.9. The minimum atomic E-state index is 0.846. The molecule has 0 saturated heterocycles. The van der Waals surface area contributed by atoms with Crippen LogP contribution in [-0.4, -0.2) is 15.0 Å². The summed E-state index contributed by atoms with van der Waals surface area (Å²) in [4.78, 5) is 14.1. The molecule has 0 saturated carbocycles. The third kappa shape index (κ3) is 3.31. The molecule has 3 heterocycles. The highest BCUT2D eigenvalue weighted by molar-refractivity contribution is 5.66. The van der Waals surface area contributed by atoms with E-state index in [0.717, 1.165) is 39.7 Å². The molecular weight excluding hydrogens is 306 g/mol. The van der Waals surface area contributed by atoms with E-state index < -0.39 is 0 Å². The summed E-state index contributed by atoms with van der Waals surface area (Å²) in [5, 5.41) is 0. The first-order valence-electron chi connectivity index (χ1n) is 8.23. The Morgan fingerprint density at radius 2 is 0.920 bits per heavy atom. The Morgan fingerprint density at radius 1 is 0.440 bits per heavy atom. The second-order valence-electron chi connectivity index (χ2n) is 5.85. The molecule has 3 heteroatoms. The van der Waals surface area contributed by atoms with Gasteiger partial charge in [-0.15, -0.1) is 0 Å². The van der Waals surface area contributed by atoms with Gasteiger partial charge >= 0.3 is 0 Å². The Bertz CT molecular complexity index is 1010. The summed E-state index contributed by atoms with van der Waals surface area (Å²) >= 11 is 0. The summed E-state index contributed by atoms with van der Waals surface area (Å²) in [6, 6.07) is 28.1. The predicted octanol–water partition coefficient (Wildman–Crippen LogP) is 5.18. The van der Waals surface area contributed by atoms with Crippen molar-refractivity contribution in [1.29, 1.82) is 0 Å². The molecule has 25 heavy (non-hydrogen) atoms. The van der Waals surface area contributed by atoms with E-state index in [4.69, 9.17) is 9.97 Å². The highest BCUT2D eigenvalue weighted by atomic mass is 14.8. The maximum atomic E-state index is 4.78. The van der Waals surface area contributed by atoms with Crippen LogP contribution < -0.4 is 0 Å². The van der Waals surface area contributed by atoms with E-state index in [1.165, 1.54) is 0 Å². The van der Waals surface area contributed by atoms with E-state index in [-0.39, 0.29) is 0 Å². The Hall–Kier alpha value is -3.33. The molecule has 0 aliphatic carbocycles. The van der Waals surface area contributed by atoms with Gasteiger partial charge in [0.05, 0.1) is 28.5 Å². The number of hydrogen-bond donors (Lipinski definition) is 0. The van der Waals surface area contributed by atoms with E-state index in [0.29, 0.717) is 0 Å². The summed E-state index contributed by atoms with van der Waals surface area (Å²) in [5.41, 5.74) is 6.46. The molecule has 3 aromatic heterocycles. The first-order valence-corrected chi connectivity index (χ1v) is 8.23. The minimum absolute atomic E-state index is 0.846. The Kier molecular flexibility index (Phi) is 4.05. The van der Waals surface area contributed by atoms with Crippen molar-refractivity contribution in [1.82, 2.24) is 15.0 Å². The number of rotatable bonds is 3. The molecule has 0 unspecified atom stereocenters. The van der Waals surface area contributed by atoms with Crippen molar-refractivity contribution < 1.29 is 0 Å². The lowest BCUT2D eigenvalue weighted by Gasteiger charge is -2.07. The van der Waals surface area contributed by atoms with E-state index in [9.17, 15) is 0 Å². The number of aryl methyl sites for hydroxylation is 1. The van der Waals surface area contributed by atoms with Crippen LogP contribution in [0, 0.1) is 6.92 Å². The molecule has 0 bridgehead atoms. The molecule has 1 aromatic carbocycles. The van der Waals surface area contributed by atoms with Gasteiger partial charge in [-0.3, -0.25) is 4.98 Å². The molecule has 120 valence electrons. The second-order valence-corrected chi connectivity index (χ2v) is 5.85. The standard InChI is InChI=1S/C22H17N3/c1-16-8-5-12-19(23-16)20-14-7-15-22(25-20)21-13-6-11-18(24-21)17-9-3-2-4-10-17/h2-15H,1H3. The highest BCUT2D eigenvalue weighted by Gasteiger charge is 2.07. The number of aromatic nitrogens is 3. The quantitative estimate of drug-likeness (QED) is 0.521. The summed E-state index contributed by atoms with van der Waals surface area (Å²) in [6.07, 6.45) is 0. The van der Waals surface area contributed by atoms with Crippen molar-refractivity contribution in [2.24, 2.45) is 0 Å². The fourth-order valence-corrected chi connectivity index (χ4v) is 2.75. The molecule has 0 fully saturated rings. The van der Waals surface area contributed by atoms with Crippen LogP contribution in [0.1, 0.15) is 5.69 Å². The summed E-state index contributed by atoms with van der Waals surface area (Å²) in [6.45, 7) is 1.98. The monoisotopic (exact) mass is 323 g/mol. The van der Waals surface area contributed by atoms with Crippen molar-refractivity contribution in [3.05, 3.63) is 90.6 Å². The van der Waals surface area contributed by atoms with Gasteiger partial charge in [0.2, 0.25) is 0 Å². The van der Waals surface area contributed by atoms with Gasteiger partial charge in [0, 0.05) is 11.3 Å². The molecule has 0 aliphatic rings. The van der Waals surface area contributed by atoms with Gasteiger partial charge in [0.25, 0.3) is 0 Å². The molecule has 3 nitrogen and oxygen atoms in total. The zero-order chi connectivity index (χ0) is 17.1. The molecule has 0 aliphatic heterocycles.